The molecule has 0 aromatic heterocycles. The first-order valence-corrected chi connectivity index (χ1v) is 4.78. The molecule has 1 saturated heterocycles. The maximum absolute atomic E-state index is 8.84. The van der Waals surface area contributed by atoms with Crippen LogP contribution in [0.3, 0.4) is 0 Å². The fourth-order valence-electron chi connectivity index (χ4n) is 1.63. The molecule has 0 radical (unpaired) electrons. The van der Waals surface area contributed by atoms with E-state index in [1.54, 1.807) is 0 Å². The third-order valence-electron chi connectivity index (χ3n) is 2.51. The molecular formula is C9H20N2O. The molecular weight excluding hydrogens is 152 g/mol. The van der Waals surface area contributed by atoms with Gasteiger partial charge in [0.05, 0.1) is 6.61 Å². The van der Waals surface area contributed by atoms with Crippen LogP contribution in [0.2, 0.25) is 0 Å². The van der Waals surface area contributed by atoms with Crippen molar-refractivity contribution in [2.45, 2.75) is 31.8 Å². The Morgan fingerprint density at radius 2 is 2.08 bits per heavy atom. The van der Waals surface area contributed by atoms with Gasteiger partial charge in [-0.1, -0.05) is 0 Å². The maximum Gasteiger partial charge on any atom is 0.0582 e. The lowest BCUT2D eigenvalue weighted by molar-refractivity contribution is 0.196. The molecule has 1 atom stereocenters. The van der Waals surface area contributed by atoms with Crippen molar-refractivity contribution in [2.24, 2.45) is 0 Å². The molecule has 1 unspecified atom stereocenters. The van der Waals surface area contributed by atoms with Crippen LogP contribution in [0.25, 0.3) is 0 Å². The van der Waals surface area contributed by atoms with Crippen LogP contribution >= 0.6 is 0 Å². The Kier molecular flexibility index (Phi) is 3.98. The third kappa shape index (κ3) is 3.09. The Morgan fingerprint density at radius 1 is 1.50 bits per heavy atom. The minimum absolute atomic E-state index is 0.242. The van der Waals surface area contributed by atoms with Crippen LogP contribution in [0.15, 0.2) is 0 Å². The van der Waals surface area contributed by atoms with Crippen molar-refractivity contribution in [2.75, 3.05) is 26.7 Å². The summed E-state index contributed by atoms with van der Waals surface area (Å²) in [6.45, 7) is 4.62. The van der Waals surface area contributed by atoms with Crippen LogP contribution in [0.5, 0.6) is 0 Å². The highest BCUT2D eigenvalue weighted by molar-refractivity contribution is 4.77. The first kappa shape index (κ1) is 9.96. The van der Waals surface area contributed by atoms with Gasteiger partial charge in [0.25, 0.3) is 0 Å². The predicted molar refractivity (Wildman–Crippen MR) is 50.2 cm³/mol. The van der Waals surface area contributed by atoms with Gasteiger partial charge in [0.2, 0.25) is 0 Å². The van der Waals surface area contributed by atoms with Gasteiger partial charge in [-0.05, 0) is 39.9 Å². The van der Waals surface area contributed by atoms with E-state index in [4.69, 9.17) is 5.11 Å². The van der Waals surface area contributed by atoms with Crippen molar-refractivity contribution in [3.63, 3.8) is 0 Å². The van der Waals surface area contributed by atoms with Crippen molar-refractivity contribution in [1.82, 2.24) is 10.2 Å². The smallest absolute Gasteiger partial charge is 0.0582 e. The lowest BCUT2D eigenvalue weighted by atomic mass is 10.0. The molecule has 1 rings (SSSR count). The molecule has 0 amide bonds. The molecule has 0 saturated carbocycles. The van der Waals surface area contributed by atoms with Gasteiger partial charge in [0.15, 0.2) is 0 Å². The zero-order valence-electron chi connectivity index (χ0n) is 8.08. The zero-order valence-corrected chi connectivity index (χ0v) is 8.08. The molecule has 0 bridgehead atoms. The summed E-state index contributed by atoms with van der Waals surface area (Å²) in [5.74, 6) is 0. The SMILES string of the molecule is CC(CO)NC1CCN(C)CC1. The largest absolute Gasteiger partial charge is 0.395 e. The lowest BCUT2D eigenvalue weighted by Gasteiger charge is -2.31. The molecule has 3 heteroatoms. The molecule has 12 heavy (non-hydrogen) atoms. The fourth-order valence-corrected chi connectivity index (χ4v) is 1.63. The summed E-state index contributed by atoms with van der Waals surface area (Å²) in [7, 11) is 2.16. The van der Waals surface area contributed by atoms with E-state index in [2.05, 4.69) is 17.3 Å². The molecule has 1 aliphatic heterocycles. The highest BCUT2D eigenvalue weighted by atomic mass is 16.3. The Bertz CT molecular complexity index is 122. The summed E-state index contributed by atoms with van der Waals surface area (Å²) < 4.78 is 0. The first-order valence-electron chi connectivity index (χ1n) is 4.78. The van der Waals surface area contributed by atoms with Crippen LogP contribution in [0.1, 0.15) is 19.8 Å². The summed E-state index contributed by atoms with van der Waals surface area (Å²) in [5.41, 5.74) is 0. The van der Waals surface area contributed by atoms with E-state index >= 15 is 0 Å². The molecule has 1 heterocycles. The van der Waals surface area contributed by atoms with Crippen molar-refractivity contribution in [3.8, 4) is 0 Å². The van der Waals surface area contributed by atoms with Crippen LogP contribution in [-0.4, -0.2) is 48.8 Å². The Balaban J connectivity index is 2.17. The van der Waals surface area contributed by atoms with Crippen LogP contribution in [0, 0.1) is 0 Å². The van der Waals surface area contributed by atoms with Crippen molar-refractivity contribution in [1.29, 1.82) is 0 Å². The van der Waals surface area contributed by atoms with E-state index in [0.717, 1.165) is 0 Å². The summed E-state index contributed by atoms with van der Waals surface area (Å²) >= 11 is 0. The van der Waals surface area contributed by atoms with E-state index in [9.17, 15) is 0 Å². The molecule has 0 aromatic carbocycles. The van der Waals surface area contributed by atoms with Gasteiger partial charge >= 0.3 is 0 Å². The Morgan fingerprint density at radius 3 is 2.58 bits per heavy atom. The number of aliphatic hydroxyl groups excluding tert-OH is 1. The molecule has 0 aromatic rings. The van der Waals surface area contributed by atoms with Gasteiger partial charge in [0, 0.05) is 12.1 Å². The minimum atomic E-state index is 0.242. The van der Waals surface area contributed by atoms with Gasteiger partial charge in [-0.3, -0.25) is 0 Å². The van der Waals surface area contributed by atoms with E-state index in [-0.39, 0.29) is 12.6 Å². The summed E-state index contributed by atoms with van der Waals surface area (Å²) in [6, 6.07) is 0.863. The number of aliphatic hydroxyl groups is 1. The summed E-state index contributed by atoms with van der Waals surface area (Å²) in [6.07, 6.45) is 2.42. The second-order valence-corrected chi connectivity index (χ2v) is 3.83. The average molecular weight is 172 g/mol. The number of nitrogens with one attached hydrogen (secondary N) is 1. The predicted octanol–water partition coefficient (Wildman–Crippen LogP) is 0.0510. The highest BCUT2D eigenvalue weighted by Crippen LogP contribution is 2.08. The minimum Gasteiger partial charge on any atom is -0.395 e. The van der Waals surface area contributed by atoms with Crippen molar-refractivity contribution < 1.29 is 5.11 Å². The topological polar surface area (TPSA) is 35.5 Å². The lowest BCUT2D eigenvalue weighted by Crippen LogP contribution is -2.45. The first-order chi connectivity index (χ1) is 5.72. The van der Waals surface area contributed by atoms with Crippen LogP contribution in [0.4, 0.5) is 0 Å². The van der Waals surface area contributed by atoms with E-state index < -0.39 is 0 Å². The summed E-state index contributed by atoms with van der Waals surface area (Å²) in [5, 5.41) is 12.3. The second-order valence-electron chi connectivity index (χ2n) is 3.83. The monoisotopic (exact) mass is 172 g/mol. The fraction of sp³-hybridized carbons (Fsp3) is 1.00. The van der Waals surface area contributed by atoms with Gasteiger partial charge in [-0.15, -0.1) is 0 Å². The zero-order chi connectivity index (χ0) is 8.97. The highest BCUT2D eigenvalue weighted by Gasteiger charge is 2.17. The number of likely N-dealkylation sites (tertiary alicyclic amines) is 1. The molecule has 0 spiro atoms. The molecule has 72 valence electrons. The quantitative estimate of drug-likeness (QED) is 0.631. The number of rotatable bonds is 3. The maximum atomic E-state index is 8.84. The average Bonchev–Trinajstić information content (AvgIpc) is 2.09. The summed E-state index contributed by atoms with van der Waals surface area (Å²) in [4.78, 5) is 2.35. The van der Waals surface area contributed by atoms with Crippen molar-refractivity contribution >= 4 is 0 Å². The van der Waals surface area contributed by atoms with E-state index in [1.807, 2.05) is 6.92 Å². The van der Waals surface area contributed by atoms with Gasteiger partial charge < -0.3 is 15.3 Å². The normalized spacial score (nSPS) is 24.2. The Labute approximate surface area is 74.8 Å². The van der Waals surface area contributed by atoms with Gasteiger partial charge in [-0.25, -0.2) is 0 Å². The van der Waals surface area contributed by atoms with Crippen LogP contribution in [-0.2, 0) is 0 Å². The van der Waals surface area contributed by atoms with Gasteiger partial charge in [-0.2, -0.15) is 0 Å². The number of hydrogen-bond acceptors (Lipinski definition) is 3. The molecule has 2 N–H and O–H groups in total. The van der Waals surface area contributed by atoms with Gasteiger partial charge in [0.1, 0.15) is 0 Å². The third-order valence-corrected chi connectivity index (χ3v) is 2.51. The van der Waals surface area contributed by atoms with Crippen molar-refractivity contribution in [3.05, 3.63) is 0 Å². The number of nitrogens with zero attached hydrogens (tertiary/aromatic N) is 1. The molecule has 3 nitrogen and oxygen atoms in total. The standard InChI is InChI=1S/C9H20N2O/c1-8(7-12)10-9-3-5-11(2)6-4-9/h8-10,12H,3-7H2,1-2H3. The molecule has 0 aliphatic carbocycles. The number of piperidine rings is 1. The van der Waals surface area contributed by atoms with E-state index in [1.165, 1.54) is 25.9 Å². The Hall–Kier alpha value is -0.120. The van der Waals surface area contributed by atoms with Crippen LogP contribution < -0.4 is 5.32 Å². The number of hydrogen-bond donors (Lipinski definition) is 2. The van der Waals surface area contributed by atoms with E-state index in [0.29, 0.717) is 6.04 Å². The molecule has 1 aliphatic rings. The molecule has 1 fully saturated rings. The second kappa shape index (κ2) is 4.80.